The van der Waals surface area contributed by atoms with E-state index in [2.05, 4.69) is 5.32 Å². The Balaban J connectivity index is 1.57. The highest BCUT2D eigenvalue weighted by atomic mass is 16.4. The molecule has 0 saturated carbocycles. The Morgan fingerprint density at radius 3 is 2.22 bits per heavy atom. The lowest BCUT2D eigenvalue weighted by Crippen LogP contribution is -2.53. The second-order valence-electron chi connectivity index (χ2n) is 8.74. The van der Waals surface area contributed by atoms with Gasteiger partial charge in [-0.1, -0.05) is 50.2 Å². The minimum atomic E-state index is -0.835. The van der Waals surface area contributed by atoms with E-state index in [4.69, 9.17) is 0 Å². The topological polar surface area (TPSA) is 104 Å². The molecule has 0 radical (unpaired) electrons. The molecule has 2 aromatic rings. The van der Waals surface area contributed by atoms with Gasteiger partial charge >= 0.3 is 5.97 Å². The molecule has 1 saturated heterocycles. The summed E-state index contributed by atoms with van der Waals surface area (Å²) in [5.41, 5.74) is 2.75. The van der Waals surface area contributed by atoms with Crippen molar-refractivity contribution in [1.82, 2.24) is 10.2 Å². The third-order valence-electron chi connectivity index (χ3n) is 6.37. The summed E-state index contributed by atoms with van der Waals surface area (Å²) < 4.78 is 0. The molecule has 1 aliphatic heterocycles. The zero-order valence-corrected chi connectivity index (χ0v) is 18.1. The van der Waals surface area contributed by atoms with Gasteiger partial charge in [-0.3, -0.25) is 19.2 Å². The number of nitrogens with one attached hydrogen (secondary N) is 1. The summed E-state index contributed by atoms with van der Waals surface area (Å²) >= 11 is 0. The van der Waals surface area contributed by atoms with Gasteiger partial charge in [0.1, 0.15) is 6.04 Å². The van der Waals surface area contributed by atoms with Gasteiger partial charge in [0.25, 0.3) is 5.91 Å². The largest absolute Gasteiger partial charge is 0.481 e. The SMILES string of the molecule is CC(C)C(NC(=O)c1cccc2c1-c1ccccc1C2=O)C(=O)N1CCC(C(=O)O)CC1. The summed E-state index contributed by atoms with van der Waals surface area (Å²) in [6.45, 7) is 4.44. The predicted molar refractivity (Wildman–Crippen MR) is 118 cm³/mol. The number of rotatable bonds is 5. The summed E-state index contributed by atoms with van der Waals surface area (Å²) in [6.07, 6.45) is 0.815. The number of carbonyl (C=O) groups excluding carboxylic acids is 3. The first-order valence-corrected chi connectivity index (χ1v) is 10.9. The first kappa shape index (κ1) is 21.7. The summed E-state index contributed by atoms with van der Waals surface area (Å²) in [6, 6.07) is 11.5. The molecular weight excluding hydrogens is 408 g/mol. The number of ketones is 1. The number of carbonyl (C=O) groups is 4. The molecular formula is C25H26N2O5. The first-order chi connectivity index (χ1) is 15.3. The minimum absolute atomic E-state index is 0.108. The molecule has 1 atom stereocenters. The maximum absolute atomic E-state index is 13.3. The van der Waals surface area contributed by atoms with Crippen LogP contribution in [0.3, 0.4) is 0 Å². The Morgan fingerprint density at radius 2 is 1.59 bits per heavy atom. The van der Waals surface area contributed by atoms with Gasteiger partial charge in [0, 0.05) is 35.3 Å². The van der Waals surface area contributed by atoms with Crippen LogP contribution in [-0.4, -0.2) is 52.7 Å². The standard InChI is InChI=1S/C25H26N2O5/c1-14(2)21(24(30)27-12-10-15(11-13-27)25(31)32)26-23(29)19-9-5-8-18-20(19)16-6-3-4-7-17(16)22(18)28/h3-9,14-15,21H,10-13H2,1-2H3,(H,26,29)(H,31,32). The van der Waals surface area contributed by atoms with Crippen LogP contribution in [0.5, 0.6) is 0 Å². The first-order valence-electron chi connectivity index (χ1n) is 10.9. The maximum atomic E-state index is 13.3. The van der Waals surface area contributed by atoms with Crippen molar-refractivity contribution in [2.45, 2.75) is 32.7 Å². The number of piperidine rings is 1. The zero-order chi connectivity index (χ0) is 23.0. The Hall–Kier alpha value is -3.48. The Kier molecular flexibility index (Phi) is 5.82. The van der Waals surface area contributed by atoms with Crippen molar-refractivity contribution in [3.63, 3.8) is 0 Å². The van der Waals surface area contributed by atoms with Crippen LogP contribution in [0.15, 0.2) is 42.5 Å². The molecule has 1 heterocycles. The van der Waals surface area contributed by atoms with E-state index in [9.17, 15) is 24.3 Å². The quantitative estimate of drug-likeness (QED) is 0.643. The van der Waals surface area contributed by atoms with Gasteiger partial charge < -0.3 is 15.3 Å². The molecule has 0 bridgehead atoms. The van der Waals surface area contributed by atoms with Gasteiger partial charge in [0.15, 0.2) is 5.78 Å². The van der Waals surface area contributed by atoms with Crippen molar-refractivity contribution >= 4 is 23.6 Å². The van der Waals surface area contributed by atoms with Gasteiger partial charge in [-0.15, -0.1) is 0 Å². The lowest BCUT2D eigenvalue weighted by molar-refractivity contribution is -0.146. The highest BCUT2D eigenvalue weighted by Crippen LogP contribution is 2.38. The van der Waals surface area contributed by atoms with Crippen LogP contribution < -0.4 is 5.32 Å². The highest BCUT2D eigenvalue weighted by Gasteiger charge is 2.35. The predicted octanol–water partition coefficient (Wildman–Crippen LogP) is 2.98. The summed E-state index contributed by atoms with van der Waals surface area (Å²) in [7, 11) is 0. The van der Waals surface area contributed by atoms with E-state index in [0.717, 1.165) is 5.56 Å². The zero-order valence-electron chi connectivity index (χ0n) is 18.1. The van der Waals surface area contributed by atoms with Crippen molar-refractivity contribution in [3.8, 4) is 11.1 Å². The molecule has 2 amide bonds. The molecule has 2 aromatic carbocycles. The summed E-state index contributed by atoms with van der Waals surface area (Å²) in [5.74, 6) is -2.15. The molecule has 4 rings (SSSR count). The van der Waals surface area contributed by atoms with Crippen molar-refractivity contribution in [2.75, 3.05) is 13.1 Å². The second-order valence-corrected chi connectivity index (χ2v) is 8.74. The average Bonchev–Trinajstić information content (AvgIpc) is 3.09. The third kappa shape index (κ3) is 3.79. The molecule has 7 heteroatoms. The van der Waals surface area contributed by atoms with E-state index >= 15 is 0 Å². The van der Waals surface area contributed by atoms with Crippen LogP contribution in [-0.2, 0) is 9.59 Å². The van der Waals surface area contributed by atoms with Crippen LogP contribution >= 0.6 is 0 Å². The summed E-state index contributed by atoms with van der Waals surface area (Å²) in [4.78, 5) is 52.1. The molecule has 7 nitrogen and oxygen atoms in total. The lowest BCUT2D eigenvalue weighted by Gasteiger charge is -2.34. The number of hydrogen-bond donors (Lipinski definition) is 2. The lowest BCUT2D eigenvalue weighted by atomic mass is 9.94. The molecule has 1 fully saturated rings. The van der Waals surface area contributed by atoms with E-state index in [-0.39, 0.29) is 17.6 Å². The van der Waals surface area contributed by atoms with Crippen molar-refractivity contribution in [1.29, 1.82) is 0 Å². The number of amides is 2. The maximum Gasteiger partial charge on any atom is 0.306 e. The number of benzene rings is 2. The molecule has 0 spiro atoms. The number of nitrogens with zero attached hydrogens (tertiary/aromatic N) is 1. The summed E-state index contributed by atoms with van der Waals surface area (Å²) in [5, 5.41) is 12.1. The Bertz CT molecular complexity index is 1100. The molecule has 2 N–H and O–H groups in total. The van der Waals surface area contributed by atoms with Crippen LogP contribution in [0.25, 0.3) is 11.1 Å². The third-order valence-corrected chi connectivity index (χ3v) is 6.37. The van der Waals surface area contributed by atoms with Gasteiger partial charge in [-0.05, 0) is 30.4 Å². The Labute approximate surface area is 186 Å². The number of likely N-dealkylation sites (tertiary alicyclic amines) is 1. The van der Waals surface area contributed by atoms with Crippen LogP contribution in [0.4, 0.5) is 0 Å². The van der Waals surface area contributed by atoms with Gasteiger partial charge in [0.2, 0.25) is 5.91 Å². The fourth-order valence-electron chi connectivity index (χ4n) is 4.54. The monoisotopic (exact) mass is 434 g/mol. The molecule has 0 aromatic heterocycles. The fourth-order valence-corrected chi connectivity index (χ4v) is 4.54. The van der Waals surface area contributed by atoms with E-state index < -0.39 is 23.8 Å². The van der Waals surface area contributed by atoms with Crippen LogP contribution in [0.2, 0.25) is 0 Å². The molecule has 1 unspecified atom stereocenters. The van der Waals surface area contributed by atoms with Gasteiger partial charge in [-0.2, -0.15) is 0 Å². The van der Waals surface area contributed by atoms with Gasteiger partial charge in [0.05, 0.1) is 5.92 Å². The second kappa shape index (κ2) is 8.57. The van der Waals surface area contributed by atoms with Crippen LogP contribution in [0.1, 0.15) is 53.0 Å². The fraction of sp³-hybridized carbons (Fsp3) is 0.360. The van der Waals surface area contributed by atoms with Crippen molar-refractivity contribution < 1.29 is 24.3 Å². The molecule has 166 valence electrons. The normalized spacial score (nSPS) is 16.5. The van der Waals surface area contributed by atoms with E-state index in [1.54, 1.807) is 35.2 Å². The Morgan fingerprint density at radius 1 is 0.969 bits per heavy atom. The molecule has 2 aliphatic rings. The molecule has 32 heavy (non-hydrogen) atoms. The average molecular weight is 434 g/mol. The number of aliphatic carboxylic acids is 1. The highest BCUT2D eigenvalue weighted by molar-refractivity contribution is 6.24. The molecule has 1 aliphatic carbocycles. The van der Waals surface area contributed by atoms with Gasteiger partial charge in [-0.25, -0.2) is 0 Å². The number of carboxylic acid groups (broad SMARTS) is 1. The van der Waals surface area contributed by atoms with E-state index in [0.29, 0.717) is 48.2 Å². The van der Waals surface area contributed by atoms with E-state index in [1.807, 2.05) is 26.0 Å². The van der Waals surface area contributed by atoms with E-state index in [1.165, 1.54) is 0 Å². The number of carboxylic acids is 1. The number of hydrogen-bond acceptors (Lipinski definition) is 4. The number of fused-ring (bicyclic) bond motifs is 3. The minimum Gasteiger partial charge on any atom is -0.481 e. The van der Waals surface area contributed by atoms with Crippen molar-refractivity contribution in [2.24, 2.45) is 11.8 Å². The smallest absolute Gasteiger partial charge is 0.306 e. The van der Waals surface area contributed by atoms with Crippen molar-refractivity contribution in [3.05, 3.63) is 59.2 Å². The van der Waals surface area contributed by atoms with Crippen LogP contribution in [0, 0.1) is 11.8 Å².